The van der Waals surface area contributed by atoms with Gasteiger partial charge >= 0.3 is 0 Å². The van der Waals surface area contributed by atoms with Gasteiger partial charge < -0.3 is 0 Å². The molecule has 0 bridgehead atoms. The van der Waals surface area contributed by atoms with Crippen LogP contribution in [0.1, 0.15) is 37.0 Å². The lowest BCUT2D eigenvalue weighted by atomic mass is 9.98. The van der Waals surface area contributed by atoms with Crippen LogP contribution in [0.5, 0.6) is 0 Å². The molecule has 2 rings (SSSR count). The van der Waals surface area contributed by atoms with E-state index in [1.54, 1.807) is 0 Å². The van der Waals surface area contributed by atoms with Crippen molar-refractivity contribution in [3.05, 3.63) is 76.6 Å². The molecule has 0 aliphatic heterocycles. The molecule has 0 fully saturated rings. The van der Waals surface area contributed by atoms with Crippen molar-refractivity contribution in [2.45, 2.75) is 33.1 Å². The smallest absolute Gasteiger partial charge is 0.123 e. The van der Waals surface area contributed by atoms with Gasteiger partial charge in [0.05, 0.1) is 0 Å². The first kappa shape index (κ1) is 14.5. The maximum Gasteiger partial charge on any atom is 0.123 e. The normalized spacial score (nSPS) is 11.7. The fraction of sp³-hybridized carbons (Fsp3) is 0.263. The summed E-state index contributed by atoms with van der Waals surface area (Å²) in [6, 6.07) is 15.3. The SMILES string of the molecule is CC/C(C)=C/c1ccccc1CCc1ccc(F)cc1. The predicted molar refractivity (Wildman–Crippen MR) is 84.2 cm³/mol. The van der Waals surface area contributed by atoms with Gasteiger partial charge in [-0.25, -0.2) is 4.39 Å². The van der Waals surface area contributed by atoms with Crippen LogP contribution in [0.15, 0.2) is 54.1 Å². The predicted octanol–water partition coefficient (Wildman–Crippen LogP) is 5.42. The summed E-state index contributed by atoms with van der Waals surface area (Å²) in [6.45, 7) is 4.34. The van der Waals surface area contributed by atoms with E-state index in [0.29, 0.717) is 0 Å². The Kier molecular flexibility index (Phi) is 5.11. The highest BCUT2D eigenvalue weighted by atomic mass is 19.1. The molecule has 0 atom stereocenters. The lowest BCUT2D eigenvalue weighted by Gasteiger charge is -2.07. The molecule has 0 aliphatic carbocycles. The van der Waals surface area contributed by atoms with Gasteiger partial charge in [0.15, 0.2) is 0 Å². The van der Waals surface area contributed by atoms with Crippen molar-refractivity contribution in [3.8, 4) is 0 Å². The average molecular weight is 268 g/mol. The number of benzene rings is 2. The van der Waals surface area contributed by atoms with Crippen LogP contribution in [0.3, 0.4) is 0 Å². The zero-order chi connectivity index (χ0) is 14.4. The summed E-state index contributed by atoms with van der Waals surface area (Å²) in [6.07, 6.45) is 5.26. The van der Waals surface area contributed by atoms with Crippen LogP contribution in [-0.4, -0.2) is 0 Å². The molecule has 0 heterocycles. The molecule has 0 N–H and O–H groups in total. The van der Waals surface area contributed by atoms with Gasteiger partial charge in [-0.05, 0) is 55.0 Å². The Morgan fingerprint density at radius 1 is 1.00 bits per heavy atom. The summed E-state index contributed by atoms with van der Waals surface area (Å²) in [4.78, 5) is 0. The standard InChI is InChI=1S/C19H21F/c1-3-15(2)14-18-7-5-4-6-17(18)11-8-16-9-12-19(20)13-10-16/h4-7,9-10,12-14H,3,8,11H2,1-2H3/b15-14+. The van der Waals surface area contributed by atoms with Crippen LogP contribution in [0.2, 0.25) is 0 Å². The van der Waals surface area contributed by atoms with Gasteiger partial charge in [0.1, 0.15) is 5.82 Å². The van der Waals surface area contributed by atoms with Crippen molar-refractivity contribution in [2.75, 3.05) is 0 Å². The molecule has 0 aromatic heterocycles. The molecule has 0 amide bonds. The first-order valence-electron chi connectivity index (χ1n) is 7.18. The molecule has 20 heavy (non-hydrogen) atoms. The van der Waals surface area contributed by atoms with E-state index < -0.39 is 0 Å². The Morgan fingerprint density at radius 3 is 2.40 bits per heavy atom. The fourth-order valence-corrected chi connectivity index (χ4v) is 2.20. The van der Waals surface area contributed by atoms with Crippen LogP contribution >= 0.6 is 0 Å². The second kappa shape index (κ2) is 7.04. The Hall–Kier alpha value is -1.89. The highest BCUT2D eigenvalue weighted by molar-refractivity contribution is 5.56. The number of halogens is 1. The zero-order valence-corrected chi connectivity index (χ0v) is 12.2. The van der Waals surface area contributed by atoms with E-state index in [-0.39, 0.29) is 5.82 Å². The molecule has 0 saturated carbocycles. The highest BCUT2D eigenvalue weighted by Crippen LogP contribution is 2.17. The minimum Gasteiger partial charge on any atom is -0.207 e. The molecule has 0 radical (unpaired) electrons. The van der Waals surface area contributed by atoms with Crippen molar-refractivity contribution < 1.29 is 4.39 Å². The summed E-state index contributed by atoms with van der Waals surface area (Å²) in [5.74, 6) is -0.171. The number of hydrogen-bond donors (Lipinski definition) is 0. The summed E-state index contributed by atoms with van der Waals surface area (Å²) in [5, 5.41) is 0. The minimum atomic E-state index is -0.171. The largest absolute Gasteiger partial charge is 0.207 e. The van der Waals surface area contributed by atoms with E-state index in [4.69, 9.17) is 0 Å². The van der Waals surface area contributed by atoms with Crippen LogP contribution < -0.4 is 0 Å². The molecule has 2 aromatic rings. The van der Waals surface area contributed by atoms with E-state index >= 15 is 0 Å². The van der Waals surface area contributed by atoms with Crippen LogP contribution in [0, 0.1) is 5.82 Å². The molecular weight excluding hydrogens is 247 g/mol. The molecule has 2 aromatic carbocycles. The molecule has 0 aliphatic rings. The van der Waals surface area contributed by atoms with Gasteiger partial charge in [0.25, 0.3) is 0 Å². The van der Waals surface area contributed by atoms with E-state index in [1.165, 1.54) is 34.4 Å². The highest BCUT2D eigenvalue weighted by Gasteiger charge is 2.01. The molecule has 0 spiro atoms. The fourth-order valence-electron chi connectivity index (χ4n) is 2.20. The summed E-state index contributed by atoms with van der Waals surface area (Å²) in [7, 11) is 0. The lowest BCUT2D eigenvalue weighted by molar-refractivity contribution is 0.627. The number of hydrogen-bond acceptors (Lipinski definition) is 0. The van der Waals surface area contributed by atoms with Crippen molar-refractivity contribution in [1.82, 2.24) is 0 Å². The van der Waals surface area contributed by atoms with Crippen molar-refractivity contribution >= 4 is 6.08 Å². The maximum atomic E-state index is 12.9. The monoisotopic (exact) mass is 268 g/mol. The topological polar surface area (TPSA) is 0 Å². The lowest BCUT2D eigenvalue weighted by Crippen LogP contribution is -1.94. The van der Waals surface area contributed by atoms with E-state index in [2.05, 4.69) is 44.2 Å². The van der Waals surface area contributed by atoms with Crippen molar-refractivity contribution in [2.24, 2.45) is 0 Å². The third-order valence-corrected chi connectivity index (χ3v) is 3.61. The van der Waals surface area contributed by atoms with Gasteiger partial charge in [-0.3, -0.25) is 0 Å². The van der Waals surface area contributed by atoms with E-state index in [9.17, 15) is 4.39 Å². The number of rotatable bonds is 5. The Labute approximate surface area is 121 Å². The summed E-state index contributed by atoms with van der Waals surface area (Å²) < 4.78 is 12.9. The first-order chi connectivity index (χ1) is 9.69. The van der Waals surface area contributed by atoms with E-state index in [0.717, 1.165) is 19.3 Å². The third kappa shape index (κ3) is 4.06. The summed E-state index contributed by atoms with van der Waals surface area (Å²) >= 11 is 0. The summed E-state index contributed by atoms with van der Waals surface area (Å²) in [5.41, 5.74) is 5.22. The first-order valence-corrected chi connectivity index (χ1v) is 7.18. The van der Waals surface area contributed by atoms with Gasteiger partial charge in [-0.1, -0.05) is 55.0 Å². The van der Waals surface area contributed by atoms with E-state index in [1.807, 2.05) is 12.1 Å². The van der Waals surface area contributed by atoms with Gasteiger partial charge in [0.2, 0.25) is 0 Å². The molecule has 104 valence electrons. The van der Waals surface area contributed by atoms with Crippen molar-refractivity contribution in [1.29, 1.82) is 0 Å². The third-order valence-electron chi connectivity index (χ3n) is 3.61. The minimum absolute atomic E-state index is 0.171. The Balaban J connectivity index is 2.11. The van der Waals surface area contributed by atoms with Gasteiger partial charge in [-0.2, -0.15) is 0 Å². The molecule has 0 nitrogen and oxygen atoms in total. The number of allylic oxidation sites excluding steroid dienone is 1. The molecule has 0 saturated heterocycles. The van der Waals surface area contributed by atoms with Crippen LogP contribution in [0.4, 0.5) is 4.39 Å². The van der Waals surface area contributed by atoms with Crippen molar-refractivity contribution in [3.63, 3.8) is 0 Å². The van der Waals surface area contributed by atoms with Gasteiger partial charge in [0, 0.05) is 0 Å². The second-order valence-corrected chi connectivity index (χ2v) is 5.17. The van der Waals surface area contributed by atoms with Crippen LogP contribution in [0.25, 0.3) is 6.08 Å². The molecular formula is C19H21F. The second-order valence-electron chi connectivity index (χ2n) is 5.17. The molecule has 0 unspecified atom stereocenters. The van der Waals surface area contributed by atoms with Crippen LogP contribution in [-0.2, 0) is 12.8 Å². The molecule has 1 heteroatoms. The Bertz CT molecular complexity index is 579. The maximum absolute atomic E-state index is 12.9. The quantitative estimate of drug-likeness (QED) is 0.678. The van der Waals surface area contributed by atoms with Gasteiger partial charge in [-0.15, -0.1) is 0 Å². The average Bonchev–Trinajstić information content (AvgIpc) is 2.48. The zero-order valence-electron chi connectivity index (χ0n) is 12.2. The Morgan fingerprint density at radius 2 is 1.70 bits per heavy atom. The number of aryl methyl sites for hydroxylation is 2.